The molecular weight excluding hydrogens is 360 g/mol. The Morgan fingerprint density at radius 3 is 2.25 bits per heavy atom. The summed E-state index contributed by atoms with van der Waals surface area (Å²) in [5.74, 6) is -0.268. The molecule has 10 heteroatoms. The summed E-state index contributed by atoms with van der Waals surface area (Å²) in [5.41, 5.74) is 0. The molecule has 0 spiro atoms. The lowest BCUT2D eigenvalue weighted by atomic mass is 10.1. The Bertz CT molecular complexity index is 1010. The first-order chi connectivity index (χ1) is 11.0. The highest BCUT2D eigenvalue weighted by molar-refractivity contribution is 7.86. The molecule has 0 bridgehead atoms. The van der Waals surface area contributed by atoms with Gasteiger partial charge in [-0.2, -0.15) is 16.8 Å². The highest BCUT2D eigenvalue weighted by Gasteiger charge is 2.18. The molecule has 24 heavy (non-hydrogen) atoms. The normalized spacial score (nSPS) is 12.3. The molecule has 1 N–H and O–H groups in total. The van der Waals surface area contributed by atoms with Crippen LogP contribution in [0.5, 0.6) is 5.75 Å². The lowest BCUT2D eigenvalue weighted by Gasteiger charge is -2.11. The molecular formula is C14H14O8S2. The molecule has 0 heterocycles. The standard InChI is InChI=1S/C14H14O8S2/c1-9(15)8-22-14-7-12(23(16,17)18)6-10-5-11(3-4-13(10)14)24(19,20)21-2/h3-7H,8H2,1-2H3,(H,16,17,18). The van der Waals surface area contributed by atoms with Crippen molar-refractivity contribution in [3.8, 4) is 5.75 Å². The van der Waals surface area contributed by atoms with Crippen LogP contribution in [-0.2, 0) is 29.2 Å². The van der Waals surface area contributed by atoms with Gasteiger partial charge in [-0.05, 0) is 36.6 Å². The summed E-state index contributed by atoms with van der Waals surface area (Å²) in [6.45, 7) is 0.986. The van der Waals surface area contributed by atoms with Gasteiger partial charge in [-0.3, -0.25) is 13.5 Å². The number of ketones is 1. The third-order valence-corrected chi connectivity index (χ3v) is 5.20. The third-order valence-electron chi connectivity index (χ3n) is 3.10. The van der Waals surface area contributed by atoms with Gasteiger partial charge in [0, 0.05) is 11.5 Å². The Hall–Kier alpha value is -2.01. The van der Waals surface area contributed by atoms with Crippen molar-refractivity contribution in [2.24, 2.45) is 0 Å². The van der Waals surface area contributed by atoms with Crippen LogP contribution in [-0.4, -0.2) is 40.9 Å². The van der Waals surface area contributed by atoms with E-state index in [0.29, 0.717) is 5.39 Å². The Labute approximate surface area is 138 Å². The molecule has 0 aliphatic rings. The lowest BCUT2D eigenvalue weighted by Crippen LogP contribution is -2.08. The van der Waals surface area contributed by atoms with Gasteiger partial charge >= 0.3 is 0 Å². The van der Waals surface area contributed by atoms with Crippen LogP contribution < -0.4 is 4.74 Å². The van der Waals surface area contributed by atoms with Crippen molar-refractivity contribution in [1.82, 2.24) is 0 Å². The van der Waals surface area contributed by atoms with Gasteiger partial charge in [0.1, 0.15) is 12.4 Å². The summed E-state index contributed by atoms with van der Waals surface area (Å²) >= 11 is 0. The van der Waals surface area contributed by atoms with Crippen molar-refractivity contribution in [3.05, 3.63) is 30.3 Å². The number of benzene rings is 2. The summed E-state index contributed by atoms with van der Waals surface area (Å²) in [6.07, 6.45) is 0. The number of hydrogen-bond acceptors (Lipinski definition) is 7. The van der Waals surface area contributed by atoms with Gasteiger partial charge in [-0.15, -0.1) is 0 Å². The van der Waals surface area contributed by atoms with Crippen LogP contribution in [0.4, 0.5) is 0 Å². The maximum Gasteiger partial charge on any atom is 0.296 e. The van der Waals surface area contributed by atoms with Gasteiger partial charge in [0.05, 0.1) is 16.9 Å². The van der Waals surface area contributed by atoms with E-state index in [1.807, 2.05) is 0 Å². The number of Topliss-reactive ketones (excluding diaryl/α,β-unsaturated/α-hetero) is 1. The van der Waals surface area contributed by atoms with E-state index in [0.717, 1.165) is 19.2 Å². The first kappa shape index (κ1) is 18.3. The summed E-state index contributed by atoms with van der Waals surface area (Å²) < 4.78 is 65.2. The van der Waals surface area contributed by atoms with Crippen molar-refractivity contribution in [2.45, 2.75) is 16.7 Å². The van der Waals surface area contributed by atoms with E-state index in [9.17, 15) is 26.2 Å². The fraction of sp³-hybridized carbons (Fsp3) is 0.214. The molecule has 0 radical (unpaired) electrons. The van der Waals surface area contributed by atoms with E-state index >= 15 is 0 Å². The molecule has 2 aromatic rings. The van der Waals surface area contributed by atoms with Crippen LogP contribution in [0.2, 0.25) is 0 Å². The molecule has 0 saturated carbocycles. The van der Waals surface area contributed by atoms with Crippen LogP contribution in [0.15, 0.2) is 40.1 Å². The number of fused-ring (bicyclic) bond motifs is 1. The van der Waals surface area contributed by atoms with Crippen LogP contribution >= 0.6 is 0 Å². The largest absolute Gasteiger partial charge is 0.485 e. The Morgan fingerprint density at radius 2 is 1.71 bits per heavy atom. The maximum atomic E-state index is 11.8. The lowest BCUT2D eigenvalue weighted by molar-refractivity contribution is -0.118. The average Bonchev–Trinajstić information content (AvgIpc) is 2.50. The number of rotatable bonds is 6. The smallest absolute Gasteiger partial charge is 0.296 e. The quantitative estimate of drug-likeness (QED) is 0.594. The van der Waals surface area contributed by atoms with Crippen molar-refractivity contribution in [2.75, 3.05) is 13.7 Å². The predicted molar refractivity (Wildman–Crippen MR) is 84.1 cm³/mol. The van der Waals surface area contributed by atoms with Crippen LogP contribution in [0, 0.1) is 0 Å². The molecule has 0 fully saturated rings. The molecule has 130 valence electrons. The zero-order valence-electron chi connectivity index (χ0n) is 12.7. The Balaban J connectivity index is 2.73. The highest BCUT2D eigenvalue weighted by Crippen LogP contribution is 2.31. The Kier molecular flexibility index (Phi) is 4.95. The van der Waals surface area contributed by atoms with Crippen LogP contribution in [0.25, 0.3) is 10.8 Å². The number of carbonyl (C=O) groups excluding carboxylic acids is 1. The first-order valence-corrected chi connectivity index (χ1v) is 9.37. The molecule has 0 atom stereocenters. The van der Waals surface area contributed by atoms with Crippen molar-refractivity contribution >= 4 is 36.8 Å². The topological polar surface area (TPSA) is 124 Å². The minimum atomic E-state index is -4.55. The van der Waals surface area contributed by atoms with E-state index in [-0.39, 0.29) is 28.4 Å². The van der Waals surface area contributed by atoms with E-state index in [4.69, 9.17) is 4.74 Å². The highest BCUT2D eigenvalue weighted by atomic mass is 32.2. The van der Waals surface area contributed by atoms with E-state index < -0.39 is 25.1 Å². The molecule has 0 aliphatic heterocycles. The van der Waals surface area contributed by atoms with Gasteiger partial charge in [0.25, 0.3) is 20.2 Å². The summed E-state index contributed by atoms with van der Waals surface area (Å²) in [5, 5.41) is 0.556. The minimum Gasteiger partial charge on any atom is -0.485 e. The van der Waals surface area contributed by atoms with Crippen LogP contribution in [0.1, 0.15) is 6.92 Å². The van der Waals surface area contributed by atoms with Gasteiger partial charge in [0.2, 0.25) is 0 Å². The van der Waals surface area contributed by atoms with Gasteiger partial charge < -0.3 is 4.74 Å². The molecule has 2 aromatic carbocycles. The number of hydrogen-bond donors (Lipinski definition) is 1. The summed E-state index contributed by atoms with van der Waals surface area (Å²) in [6, 6.07) is 5.99. The first-order valence-electron chi connectivity index (χ1n) is 6.53. The summed E-state index contributed by atoms with van der Waals surface area (Å²) in [7, 11) is -7.54. The average molecular weight is 374 g/mol. The van der Waals surface area contributed by atoms with Crippen molar-refractivity contribution < 1.29 is 35.1 Å². The second-order valence-electron chi connectivity index (χ2n) is 4.89. The monoisotopic (exact) mass is 374 g/mol. The van der Waals surface area contributed by atoms with Crippen LogP contribution in [0.3, 0.4) is 0 Å². The predicted octanol–water partition coefficient (Wildman–Crippen LogP) is 1.39. The fourth-order valence-corrected chi connectivity index (χ4v) is 3.22. The molecule has 0 saturated heterocycles. The van der Waals surface area contributed by atoms with Gasteiger partial charge in [-0.1, -0.05) is 0 Å². The van der Waals surface area contributed by atoms with Gasteiger partial charge in [-0.25, -0.2) is 0 Å². The molecule has 0 aromatic heterocycles. The molecule has 0 amide bonds. The molecule has 2 rings (SSSR count). The SMILES string of the molecule is COS(=O)(=O)c1ccc2c(OCC(C)=O)cc(S(=O)(=O)O)cc2c1. The number of carbonyl (C=O) groups is 1. The maximum absolute atomic E-state index is 11.8. The number of ether oxygens (including phenoxy) is 1. The third kappa shape index (κ3) is 3.90. The molecule has 8 nitrogen and oxygen atoms in total. The van der Waals surface area contributed by atoms with Crippen molar-refractivity contribution in [1.29, 1.82) is 0 Å². The second-order valence-corrected chi connectivity index (χ2v) is 8.03. The zero-order valence-corrected chi connectivity index (χ0v) is 14.3. The van der Waals surface area contributed by atoms with E-state index in [1.54, 1.807) is 0 Å². The minimum absolute atomic E-state index is 0.0247. The van der Waals surface area contributed by atoms with Crippen molar-refractivity contribution in [3.63, 3.8) is 0 Å². The summed E-state index contributed by atoms with van der Waals surface area (Å²) in [4.78, 5) is 10.4. The molecule has 0 aliphatic carbocycles. The Morgan fingerprint density at radius 1 is 1.08 bits per heavy atom. The zero-order chi connectivity index (χ0) is 18.1. The molecule has 0 unspecified atom stereocenters. The van der Waals surface area contributed by atoms with Gasteiger partial charge in [0.15, 0.2) is 5.78 Å². The van der Waals surface area contributed by atoms with E-state index in [2.05, 4.69) is 4.18 Å². The fourth-order valence-electron chi connectivity index (χ4n) is 1.99. The van der Waals surface area contributed by atoms with E-state index in [1.165, 1.54) is 25.1 Å². The second kappa shape index (κ2) is 6.48.